The molecule has 2 aromatic carbocycles. The largest absolute Gasteiger partial charge is 0.225 e. The van der Waals surface area contributed by atoms with E-state index in [1.807, 2.05) is 35.9 Å². The van der Waals surface area contributed by atoms with Gasteiger partial charge < -0.3 is 0 Å². The van der Waals surface area contributed by atoms with Crippen molar-refractivity contribution >= 4 is 0 Å². The number of rotatable bonds is 6. The van der Waals surface area contributed by atoms with Crippen LogP contribution in [0.1, 0.15) is 28.3 Å². The summed E-state index contributed by atoms with van der Waals surface area (Å²) in [5, 5.41) is 24.3. The van der Waals surface area contributed by atoms with Crippen molar-refractivity contribution < 1.29 is 0 Å². The SMILES string of the molecule is Cc1nnn(Cc2cccc(Cc3nnnn3Cc3ccccc3)c2)n1. The fourth-order valence-electron chi connectivity index (χ4n) is 2.80. The summed E-state index contributed by atoms with van der Waals surface area (Å²) in [6, 6.07) is 18.4. The molecule has 0 aliphatic rings. The first-order valence-electron chi connectivity index (χ1n) is 8.37. The van der Waals surface area contributed by atoms with Gasteiger partial charge in [-0.3, -0.25) is 0 Å². The lowest BCUT2D eigenvalue weighted by Gasteiger charge is -2.06. The molecule has 8 nitrogen and oxygen atoms in total. The molecule has 4 aromatic rings. The van der Waals surface area contributed by atoms with E-state index in [0.717, 1.165) is 17.0 Å². The Hall–Kier alpha value is -3.42. The van der Waals surface area contributed by atoms with Crippen LogP contribution in [-0.4, -0.2) is 40.4 Å². The highest BCUT2D eigenvalue weighted by molar-refractivity contribution is 5.26. The second-order valence-corrected chi connectivity index (χ2v) is 6.10. The highest BCUT2D eigenvalue weighted by Crippen LogP contribution is 2.11. The standard InChI is InChI=1S/C18H18N8/c1-14-19-23-26(21-14)13-17-9-5-8-16(10-17)11-18-20-22-24-25(18)12-15-6-3-2-4-7-15/h2-10H,11-13H2,1H3. The molecule has 0 aliphatic carbocycles. The summed E-state index contributed by atoms with van der Waals surface area (Å²) in [5.74, 6) is 1.50. The number of aryl methyl sites for hydroxylation is 1. The van der Waals surface area contributed by atoms with Crippen LogP contribution in [0, 0.1) is 6.92 Å². The van der Waals surface area contributed by atoms with E-state index < -0.39 is 0 Å². The van der Waals surface area contributed by atoms with Crippen LogP contribution in [0.5, 0.6) is 0 Å². The van der Waals surface area contributed by atoms with Gasteiger partial charge in [0.25, 0.3) is 0 Å². The summed E-state index contributed by atoms with van der Waals surface area (Å²) in [6.07, 6.45) is 0.664. The van der Waals surface area contributed by atoms with Gasteiger partial charge in [-0.15, -0.1) is 15.3 Å². The van der Waals surface area contributed by atoms with Gasteiger partial charge in [0, 0.05) is 6.42 Å². The predicted octanol–water partition coefficient (Wildman–Crippen LogP) is 1.66. The number of benzene rings is 2. The van der Waals surface area contributed by atoms with Crippen molar-refractivity contribution in [1.82, 2.24) is 40.4 Å². The molecule has 2 heterocycles. The minimum Gasteiger partial charge on any atom is -0.225 e. The van der Waals surface area contributed by atoms with E-state index in [0.29, 0.717) is 25.3 Å². The maximum Gasteiger partial charge on any atom is 0.171 e. The zero-order chi connectivity index (χ0) is 17.8. The van der Waals surface area contributed by atoms with E-state index in [9.17, 15) is 0 Å². The van der Waals surface area contributed by atoms with Crippen molar-refractivity contribution in [3.63, 3.8) is 0 Å². The van der Waals surface area contributed by atoms with E-state index in [2.05, 4.69) is 61.3 Å². The minimum absolute atomic E-state index is 0.587. The predicted molar refractivity (Wildman–Crippen MR) is 94.3 cm³/mol. The van der Waals surface area contributed by atoms with Crippen LogP contribution < -0.4 is 0 Å². The Morgan fingerprint density at radius 3 is 2.42 bits per heavy atom. The van der Waals surface area contributed by atoms with E-state index in [1.165, 1.54) is 5.56 Å². The molecule has 0 unspecified atom stereocenters. The first-order valence-corrected chi connectivity index (χ1v) is 8.37. The lowest BCUT2D eigenvalue weighted by Crippen LogP contribution is -2.08. The Morgan fingerprint density at radius 1 is 0.808 bits per heavy atom. The highest BCUT2D eigenvalue weighted by Gasteiger charge is 2.09. The molecular weight excluding hydrogens is 328 g/mol. The molecule has 0 bridgehead atoms. The van der Waals surface area contributed by atoms with Gasteiger partial charge in [0.15, 0.2) is 11.6 Å². The Labute approximate surface area is 150 Å². The van der Waals surface area contributed by atoms with E-state index in [4.69, 9.17) is 0 Å². The normalized spacial score (nSPS) is 11.0. The van der Waals surface area contributed by atoms with Crippen LogP contribution >= 0.6 is 0 Å². The summed E-state index contributed by atoms with van der Waals surface area (Å²) in [6.45, 7) is 3.07. The topological polar surface area (TPSA) is 87.2 Å². The molecule has 8 heteroatoms. The minimum atomic E-state index is 0.587. The van der Waals surface area contributed by atoms with Crippen LogP contribution in [0.3, 0.4) is 0 Å². The first kappa shape index (κ1) is 16.1. The van der Waals surface area contributed by atoms with Crippen molar-refractivity contribution in [1.29, 1.82) is 0 Å². The van der Waals surface area contributed by atoms with E-state index >= 15 is 0 Å². The molecular formula is C18H18N8. The fraction of sp³-hybridized carbons (Fsp3) is 0.222. The maximum atomic E-state index is 4.23. The molecule has 0 spiro atoms. The van der Waals surface area contributed by atoms with Gasteiger partial charge in [0.05, 0.1) is 13.1 Å². The molecule has 0 radical (unpaired) electrons. The molecule has 130 valence electrons. The van der Waals surface area contributed by atoms with Crippen LogP contribution in [0.25, 0.3) is 0 Å². The van der Waals surface area contributed by atoms with E-state index in [-0.39, 0.29) is 0 Å². The van der Waals surface area contributed by atoms with Crippen LogP contribution in [0.15, 0.2) is 54.6 Å². The highest BCUT2D eigenvalue weighted by atomic mass is 15.6. The van der Waals surface area contributed by atoms with Crippen molar-refractivity contribution in [3.05, 3.63) is 82.9 Å². The quantitative estimate of drug-likeness (QED) is 0.528. The molecule has 0 N–H and O–H groups in total. The molecule has 0 aliphatic heterocycles. The lowest BCUT2D eigenvalue weighted by molar-refractivity contribution is 0.571. The Balaban J connectivity index is 1.49. The Bertz CT molecular complexity index is 989. The molecule has 0 saturated heterocycles. The van der Waals surface area contributed by atoms with Crippen LogP contribution in [-0.2, 0) is 19.5 Å². The molecule has 2 aromatic heterocycles. The zero-order valence-corrected chi connectivity index (χ0v) is 14.4. The van der Waals surface area contributed by atoms with Crippen molar-refractivity contribution in [2.75, 3.05) is 0 Å². The van der Waals surface area contributed by atoms with Crippen LogP contribution in [0.4, 0.5) is 0 Å². The van der Waals surface area contributed by atoms with Gasteiger partial charge in [0.1, 0.15) is 0 Å². The van der Waals surface area contributed by atoms with Gasteiger partial charge in [-0.2, -0.15) is 4.80 Å². The van der Waals surface area contributed by atoms with Crippen LogP contribution in [0.2, 0.25) is 0 Å². The second-order valence-electron chi connectivity index (χ2n) is 6.10. The molecule has 0 saturated carbocycles. The molecule has 0 fully saturated rings. The molecule has 26 heavy (non-hydrogen) atoms. The van der Waals surface area contributed by atoms with Gasteiger partial charge in [-0.05, 0) is 39.3 Å². The zero-order valence-electron chi connectivity index (χ0n) is 14.4. The third-order valence-corrected chi connectivity index (χ3v) is 4.01. The summed E-state index contributed by atoms with van der Waals surface area (Å²) in [4.78, 5) is 1.59. The third-order valence-electron chi connectivity index (χ3n) is 4.01. The summed E-state index contributed by atoms with van der Waals surface area (Å²) < 4.78 is 1.84. The van der Waals surface area contributed by atoms with Gasteiger partial charge in [0.2, 0.25) is 0 Å². The Kier molecular flexibility index (Phi) is 4.46. The van der Waals surface area contributed by atoms with Crippen molar-refractivity contribution in [2.24, 2.45) is 0 Å². The van der Waals surface area contributed by atoms with Crippen molar-refractivity contribution in [3.8, 4) is 0 Å². The van der Waals surface area contributed by atoms with Gasteiger partial charge in [-0.1, -0.05) is 54.6 Å². The number of aromatic nitrogens is 8. The summed E-state index contributed by atoms with van der Waals surface area (Å²) in [5.41, 5.74) is 3.42. The first-order chi connectivity index (χ1) is 12.8. The maximum absolute atomic E-state index is 4.23. The van der Waals surface area contributed by atoms with Gasteiger partial charge >= 0.3 is 0 Å². The monoisotopic (exact) mass is 346 g/mol. The molecule has 4 rings (SSSR count). The number of tetrazole rings is 2. The summed E-state index contributed by atoms with van der Waals surface area (Å²) >= 11 is 0. The third kappa shape index (κ3) is 3.80. The fourth-order valence-corrected chi connectivity index (χ4v) is 2.80. The second kappa shape index (κ2) is 7.22. The average molecular weight is 346 g/mol. The number of hydrogen-bond donors (Lipinski definition) is 0. The smallest absolute Gasteiger partial charge is 0.171 e. The lowest BCUT2D eigenvalue weighted by atomic mass is 10.1. The Morgan fingerprint density at radius 2 is 1.62 bits per heavy atom. The average Bonchev–Trinajstić information content (AvgIpc) is 3.25. The van der Waals surface area contributed by atoms with Crippen molar-refractivity contribution in [2.45, 2.75) is 26.4 Å². The number of hydrogen-bond acceptors (Lipinski definition) is 6. The van der Waals surface area contributed by atoms with E-state index in [1.54, 1.807) is 4.80 Å². The summed E-state index contributed by atoms with van der Waals surface area (Å²) in [7, 11) is 0. The molecule has 0 atom stereocenters. The van der Waals surface area contributed by atoms with Gasteiger partial charge in [-0.25, -0.2) is 4.68 Å². The molecule has 0 amide bonds. The number of nitrogens with zero attached hydrogens (tertiary/aromatic N) is 8.